The van der Waals surface area contributed by atoms with Gasteiger partial charge in [0.05, 0.1) is 10.5 Å². The molecule has 62 valence electrons. The lowest BCUT2D eigenvalue weighted by atomic mass is 10.2. The van der Waals surface area contributed by atoms with Crippen molar-refractivity contribution in [1.82, 2.24) is 9.78 Å². The topological polar surface area (TPSA) is 17.8 Å². The average molecular weight is 185 g/mol. The average Bonchev–Trinajstić information content (AvgIpc) is 2.30. The fourth-order valence-electron chi connectivity index (χ4n) is 1.14. The predicted octanol–water partition coefficient (Wildman–Crippen LogP) is 2.37. The number of benzene rings is 1. The molecule has 0 aliphatic carbocycles. The van der Waals surface area contributed by atoms with Crippen LogP contribution in [0.4, 0.5) is 4.39 Å². The Morgan fingerprint density at radius 2 is 2.25 bits per heavy atom. The molecule has 4 heteroatoms. The molecule has 0 atom stereocenters. The molecule has 0 radical (unpaired) electrons. The molecular weight excluding hydrogens is 179 g/mol. The molecule has 0 aliphatic heterocycles. The highest BCUT2D eigenvalue weighted by Gasteiger charge is 2.04. The van der Waals surface area contributed by atoms with E-state index >= 15 is 0 Å². The summed E-state index contributed by atoms with van der Waals surface area (Å²) in [6, 6.07) is 2.90. The van der Waals surface area contributed by atoms with Crippen LogP contribution in [0.2, 0.25) is 5.02 Å². The van der Waals surface area contributed by atoms with Crippen LogP contribution >= 0.6 is 11.6 Å². The first-order valence-corrected chi connectivity index (χ1v) is 3.83. The van der Waals surface area contributed by atoms with E-state index in [1.165, 1.54) is 12.1 Å². The van der Waals surface area contributed by atoms with Crippen molar-refractivity contribution in [2.75, 3.05) is 0 Å². The van der Waals surface area contributed by atoms with Gasteiger partial charge in [0.1, 0.15) is 5.82 Å². The van der Waals surface area contributed by atoms with Crippen molar-refractivity contribution in [2.45, 2.75) is 0 Å². The van der Waals surface area contributed by atoms with E-state index in [-0.39, 0.29) is 5.02 Å². The Labute approximate surface area is 73.6 Å². The van der Waals surface area contributed by atoms with Gasteiger partial charge in [-0.05, 0) is 12.1 Å². The molecule has 0 unspecified atom stereocenters. The molecule has 0 aliphatic rings. The molecule has 0 amide bonds. The second-order valence-corrected chi connectivity index (χ2v) is 3.04. The van der Waals surface area contributed by atoms with Gasteiger partial charge in [0.2, 0.25) is 0 Å². The van der Waals surface area contributed by atoms with Gasteiger partial charge in [0.25, 0.3) is 0 Å². The maximum absolute atomic E-state index is 12.9. The van der Waals surface area contributed by atoms with Crippen LogP contribution in [-0.2, 0) is 7.05 Å². The molecule has 0 N–H and O–H groups in total. The molecule has 12 heavy (non-hydrogen) atoms. The molecule has 0 bridgehead atoms. The van der Waals surface area contributed by atoms with Crippen LogP contribution in [-0.4, -0.2) is 9.78 Å². The predicted molar refractivity (Wildman–Crippen MR) is 45.7 cm³/mol. The Bertz CT molecular complexity index is 397. The summed E-state index contributed by atoms with van der Waals surface area (Å²) in [6.45, 7) is 0. The SMILES string of the molecule is Cn1cc2cc(F)c(Cl)cc2n1. The molecule has 1 aromatic carbocycles. The molecule has 2 nitrogen and oxygen atoms in total. The first-order chi connectivity index (χ1) is 5.66. The second kappa shape index (κ2) is 2.45. The number of nitrogens with zero attached hydrogens (tertiary/aromatic N) is 2. The van der Waals surface area contributed by atoms with Gasteiger partial charge in [-0.25, -0.2) is 4.39 Å². The number of aryl methyl sites for hydroxylation is 1. The quantitative estimate of drug-likeness (QED) is 0.615. The van der Waals surface area contributed by atoms with Gasteiger partial charge in [0.15, 0.2) is 0 Å². The molecule has 0 saturated carbocycles. The van der Waals surface area contributed by atoms with Gasteiger partial charge in [-0.3, -0.25) is 4.68 Å². The number of hydrogen-bond acceptors (Lipinski definition) is 1. The molecule has 0 spiro atoms. The van der Waals surface area contributed by atoms with Crippen LogP contribution < -0.4 is 0 Å². The van der Waals surface area contributed by atoms with E-state index in [1.54, 1.807) is 17.9 Å². The first kappa shape index (κ1) is 7.55. The fraction of sp³-hybridized carbons (Fsp3) is 0.125. The molecule has 2 aromatic rings. The summed E-state index contributed by atoms with van der Waals surface area (Å²) >= 11 is 5.57. The maximum atomic E-state index is 12.9. The number of hydrogen-bond donors (Lipinski definition) is 0. The third kappa shape index (κ3) is 1.06. The third-order valence-electron chi connectivity index (χ3n) is 1.66. The van der Waals surface area contributed by atoms with Crippen LogP contribution in [0.5, 0.6) is 0 Å². The molecule has 1 heterocycles. The Morgan fingerprint density at radius 1 is 1.50 bits per heavy atom. The van der Waals surface area contributed by atoms with Crippen molar-refractivity contribution in [3.8, 4) is 0 Å². The van der Waals surface area contributed by atoms with Gasteiger partial charge in [0, 0.05) is 18.6 Å². The zero-order valence-electron chi connectivity index (χ0n) is 6.38. The maximum Gasteiger partial charge on any atom is 0.142 e. The number of fused-ring (bicyclic) bond motifs is 1. The van der Waals surface area contributed by atoms with Crippen LogP contribution in [0.1, 0.15) is 0 Å². The van der Waals surface area contributed by atoms with E-state index in [1.807, 2.05) is 0 Å². The van der Waals surface area contributed by atoms with Crippen molar-refractivity contribution in [3.63, 3.8) is 0 Å². The van der Waals surface area contributed by atoms with Gasteiger partial charge < -0.3 is 0 Å². The largest absolute Gasteiger partial charge is 0.275 e. The molecule has 0 fully saturated rings. The van der Waals surface area contributed by atoms with Crippen molar-refractivity contribution < 1.29 is 4.39 Å². The zero-order chi connectivity index (χ0) is 8.72. The summed E-state index contributed by atoms with van der Waals surface area (Å²) in [5.41, 5.74) is 0.712. The van der Waals surface area contributed by atoms with Gasteiger partial charge in [-0.2, -0.15) is 5.10 Å². The lowest BCUT2D eigenvalue weighted by Crippen LogP contribution is -1.84. The highest BCUT2D eigenvalue weighted by molar-refractivity contribution is 6.31. The summed E-state index contributed by atoms with van der Waals surface area (Å²) in [5, 5.41) is 4.96. The van der Waals surface area contributed by atoms with Gasteiger partial charge >= 0.3 is 0 Å². The normalized spacial score (nSPS) is 10.9. The van der Waals surface area contributed by atoms with Crippen molar-refractivity contribution in [3.05, 3.63) is 29.2 Å². The van der Waals surface area contributed by atoms with E-state index < -0.39 is 5.82 Å². The first-order valence-electron chi connectivity index (χ1n) is 3.45. The highest BCUT2D eigenvalue weighted by atomic mass is 35.5. The Morgan fingerprint density at radius 3 is 3.00 bits per heavy atom. The van der Waals surface area contributed by atoms with E-state index in [2.05, 4.69) is 5.10 Å². The number of rotatable bonds is 0. The summed E-state index contributed by atoms with van der Waals surface area (Å²) < 4.78 is 14.5. The van der Waals surface area contributed by atoms with Gasteiger partial charge in [-0.15, -0.1) is 0 Å². The zero-order valence-corrected chi connectivity index (χ0v) is 7.14. The minimum Gasteiger partial charge on any atom is -0.275 e. The third-order valence-corrected chi connectivity index (χ3v) is 1.95. The van der Waals surface area contributed by atoms with Crippen LogP contribution in [0.15, 0.2) is 18.3 Å². The molecule has 1 aromatic heterocycles. The summed E-state index contributed by atoms with van der Waals surface area (Å²) in [5.74, 6) is -0.405. The van der Waals surface area contributed by atoms with Crippen LogP contribution in [0, 0.1) is 5.82 Å². The molecule has 0 saturated heterocycles. The van der Waals surface area contributed by atoms with E-state index in [0.717, 1.165) is 5.39 Å². The summed E-state index contributed by atoms with van der Waals surface area (Å²) in [6.07, 6.45) is 1.74. The van der Waals surface area contributed by atoms with E-state index in [4.69, 9.17) is 11.6 Å². The summed E-state index contributed by atoms with van der Waals surface area (Å²) in [7, 11) is 1.78. The van der Waals surface area contributed by atoms with Crippen molar-refractivity contribution >= 4 is 22.5 Å². The standard InChI is InChI=1S/C8H6ClFN2/c1-12-4-5-2-7(10)6(9)3-8(5)11-12/h2-4H,1H3. The molecule has 2 rings (SSSR count). The summed E-state index contributed by atoms with van der Waals surface area (Å²) in [4.78, 5) is 0. The highest BCUT2D eigenvalue weighted by Crippen LogP contribution is 2.21. The Kier molecular flexibility index (Phi) is 1.54. The lowest BCUT2D eigenvalue weighted by Gasteiger charge is -1.91. The smallest absolute Gasteiger partial charge is 0.142 e. The number of aromatic nitrogens is 2. The van der Waals surface area contributed by atoms with Crippen molar-refractivity contribution in [2.24, 2.45) is 7.05 Å². The van der Waals surface area contributed by atoms with Crippen LogP contribution in [0.3, 0.4) is 0 Å². The van der Waals surface area contributed by atoms with Crippen molar-refractivity contribution in [1.29, 1.82) is 0 Å². The second-order valence-electron chi connectivity index (χ2n) is 2.63. The monoisotopic (exact) mass is 184 g/mol. The minimum atomic E-state index is -0.405. The Balaban J connectivity index is 2.83. The van der Waals surface area contributed by atoms with Crippen LogP contribution in [0.25, 0.3) is 10.9 Å². The van der Waals surface area contributed by atoms with E-state index in [0.29, 0.717) is 5.52 Å². The minimum absolute atomic E-state index is 0.112. The van der Waals surface area contributed by atoms with Gasteiger partial charge in [-0.1, -0.05) is 11.6 Å². The fourth-order valence-corrected chi connectivity index (χ4v) is 1.30. The number of halogens is 2. The molecular formula is C8H6ClFN2. The van der Waals surface area contributed by atoms with E-state index in [9.17, 15) is 4.39 Å². The Hall–Kier alpha value is -1.09. The lowest BCUT2D eigenvalue weighted by molar-refractivity contribution is 0.630.